The number of halogens is 3. The number of carbonyl (C=O) groups is 1. The topological polar surface area (TPSA) is 46.5 Å². The van der Waals surface area contributed by atoms with Crippen molar-refractivity contribution in [3.8, 4) is 0 Å². The number of ether oxygens (including phenoxy) is 1. The smallest absolute Gasteiger partial charge is 0.345 e. The van der Waals surface area contributed by atoms with E-state index in [1.807, 2.05) is 0 Å². The molecule has 0 bridgehead atoms. The van der Waals surface area contributed by atoms with Gasteiger partial charge in [-0.3, -0.25) is 0 Å². The van der Waals surface area contributed by atoms with Gasteiger partial charge in [-0.1, -0.05) is 23.2 Å². The Morgan fingerprint density at radius 2 is 2.23 bits per heavy atom. The number of alkyl halides is 3. The Morgan fingerprint density at radius 1 is 1.69 bits per heavy atom. The van der Waals surface area contributed by atoms with E-state index in [9.17, 15) is 9.90 Å². The maximum Gasteiger partial charge on any atom is 0.345 e. The van der Waals surface area contributed by atoms with Crippen LogP contribution in [0.4, 0.5) is 0 Å². The maximum absolute atomic E-state index is 11.0. The molecule has 1 heterocycles. The van der Waals surface area contributed by atoms with E-state index < -0.39 is 22.5 Å². The zero-order valence-electron chi connectivity index (χ0n) is 6.84. The molecule has 1 rings (SSSR count). The SMILES string of the molecule is CC(Cl)CC1C(O)OC(=O)C1(Cl)Cl. The number of cyclic esters (lactones) is 1. The number of carbonyl (C=O) groups excluding carboxylic acids is 1. The molecule has 1 aliphatic heterocycles. The summed E-state index contributed by atoms with van der Waals surface area (Å²) < 4.78 is 2.81. The van der Waals surface area contributed by atoms with Gasteiger partial charge in [0.2, 0.25) is 10.6 Å². The molecule has 0 aliphatic carbocycles. The first kappa shape index (κ1) is 11.4. The van der Waals surface area contributed by atoms with E-state index in [1.165, 1.54) is 0 Å². The molecule has 1 aliphatic rings. The lowest BCUT2D eigenvalue weighted by Crippen LogP contribution is -2.31. The van der Waals surface area contributed by atoms with Crippen molar-refractivity contribution in [3.63, 3.8) is 0 Å². The molecule has 1 saturated heterocycles. The van der Waals surface area contributed by atoms with Crippen LogP contribution in [-0.2, 0) is 9.53 Å². The zero-order valence-corrected chi connectivity index (χ0v) is 9.10. The number of rotatable bonds is 2. The van der Waals surface area contributed by atoms with Crippen LogP contribution in [0.2, 0.25) is 0 Å². The number of aliphatic hydroxyl groups is 1. The fourth-order valence-corrected chi connectivity index (χ4v) is 1.89. The molecule has 0 amide bonds. The molecule has 0 aromatic rings. The van der Waals surface area contributed by atoms with Crippen molar-refractivity contribution in [3.05, 3.63) is 0 Å². The summed E-state index contributed by atoms with van der Waals surface area (Å²) in [5.41, 5.74) is 0. The highest BCUT2D eigenvalue weighted by atomic mass is 35.5. The minimum atomic E-state index is -1.68. The molecule has 0 saturated carbocycles. The molecule has 1 N–H and O–H groups in total. The van der Waals surface area contributed by atoms with Gasteiger partial charge in [-0.15, -0.1) is 11.6 Å². The zero-order chi connectivity index (χ0) is 10.2. The second-order valence-corrected chi connectivity index (χ2v) is 5.17. The first-order valence-electron chi connectivity index (χ1n) is 3.76. The summed E-state index contributed by atoms with van der Waals surface area (Å²) >= 11 is 17.1. The molecule has 0 aromatic carbocycles. The van der Waals surface area contributed by atoms with Crippen LogP contribution in [0.25, 0.3) is 0 Å². The van der Waals surface area contributed by atoms with E-state index in [0.29, 0.717) is 6.42 Å². The van der Waals surface area contributed by atoms with Crippen molar-refractivity contribution in [1.29, 1.82) is 0 Å². The second kappa shape index (κ2) is 3.81. The predicted molar refractivity (Wildman–Crippen MR) is 50.0 cm³/mol. The first-order valence-corrected chi connectivity index (χ1v) is 4.96. The molecule has 13 heavy (non-hydrogen) atoms. The van der Waals surface area contributed by atoms with E-state index in [0.717, 1.165) is 0 Å². The van der Waals surface area contributed by atoms with Crippen LogP contribution in [0, 0.1) is 5.92 Å². The van der Waals surface area contributed by atoms with Crippen LogP contribution in [-0.4, -0.2) is 27.1 Å². The molecule has 1 fully saturated rings. The van der Waals surface area contributed by atoms with Gasteiger partial charge < -0.3 is 9.84 Å². The lowest BCUT2D eigenvalue weighted by Gasteiger charge is -2.19. The highest BCUT2D eigenvalue weighted by Gasteiger charge is 2.55. The molecule has 0 spiro atoms. The average Bonchev–Trinajstić information content (AvgIpc) is 2.13. The van der Waals surface area contributed by atoms with Gasteiger partial charge in [0.1, 0.15) is 0 Å². The summed E-state index contributed by atoms with van der Waals surface area (Å²) in [6, 6.07) is 0. The molecule has 6 heteroatoms. The first-order chi connectivity index (χ1) is 5.85. The highest BCUT2D eigenvalue weighted by Crippen LogP contribution is 2.43. The number of esters is 1. The summed E-state index contributed by atoms with van der Waals surface area (Å²) in [4.78, 5) is 11.0. The molecule has 0 radical (unpaired) electrons. The van der Waals surface area contributed by atoms with Gasteiger partial charge in [0.05, 0.1) is 5.92 Å². The van der Waals surface area contributed by atoms with Crippen molar-refractivity contribution < 1.29 is 14.6 Å². The minimum Gasteiger partial charge on any atom is -0.433 e. The van der Waals surface area contributed by atoms with E-state index in [4.69, 9.17) is 34.8 Å². The van der Waals surface area contributed by atoms with Crippen LogP contribution >= 0.6 is 34.8 Å². The van der Waals surface area contributed by atoms with Crippen LogP contribution in [0.15, 0.2) is 0 Å². The summed E-state index contributed by atoms with van der Waals surface area (Å²) in [5.74, 6) is -1.48. The quantitative estimate of drug-likeness (QED) is 0.596. The third-order valence-corrected chi connectivity index (χ3v) is 2.94. The van der Waals surface area contributed by atoms with Gasteiger partial charge in [0.15, 0.2) is 0 Å². The Kier molecular flexibility index (Phi) is 3.33. The monoisotopic (exact) mass is 246 g/mol. The molecule has 76 valence electrons. The van der Waals surface area contributed by atoms with Gasteiger partial charge >= 0.3 is 5.97 Å². The Hall–Kier alpha value is 0.300. The van der Waals surface area contributed by atoms with Crippen molar-refractivity contribution in [2.24, 2.45) is 5.92 Å². The van der Waals surface area contributed by atoms with Crippen LogP contribution in [0.3, 0.4) is 0 Å². The third-order valence-electron chi connectivity index (χ3n) is 1.89. The maximum atomic E-state index is 11.0. The molecular weight excluding hydrogens is 238 g/mol. The largest absolute Gasteiger partial charge is 0.433 e. The fourth-order valence-electron chi connectivity index (χ4n) is 1.22. The second-order valence-electron chi connectivity index (χ2n) is 3.04. The molecule has 3 unspecified atom stereocenters. The summed E-state index contributed by atoms with van der Waals surface area (Å²) in [6.45, 7) is 1.72. The summed E-state index contributed by atoms with van der Waals surface area (Å²) in [7, 11) is 0. The predicted octanol–water partition coefficient (Wildman–Crippen LogP) is 1.67. The molecule has 0 aromatic heterocycles. The third kappa shape index (κ3) is 2.21. The highest BCUT2D eigenvalue weighted by molar-refractivity contribution is 6.58. The van der Waals surface area contributed by atoms with Gasteiger partial charge in [-0.2, -0.15) is 0 Å². The van der Waals surface area contributed by atoms with Crippen LogP contribution in [0.5, 0.6) is 0 Å². The van der Waals surface area contributed by atoms with Crippen molar-refractivity contribution in [1.82, 2.24) is 0 Å². The Bertz CT molecular complexity index is 217. The summed E-state index contributed by atoms with van der Waals surface area (Å²) in [5, 5.41) is 9.04. The average molecular weight is 248 g/mol. The number of aliphatic hydroxyl groups excluding tert-OH is 1. The van der Waals surface area contributed by atoms with Crippen molar-refractivity contribution >= 4 is 40.8 Å². The number of hydrogen-bond donors (Lipinski definition) is 1. The Labute approximate surface area is 90.9 Å². The van der Waals surface area contributed by atoms with E-state index in [2.05, 4.69) is 4.74 Å². The van der Waals surface area contributed by atoms with Gasteiger partial charge in [-0.05, 0) is 13.3 Å². The lowest BCUT2D eigenvalue weighted by molar-refractivity contribution is -0.156. The standard InChI is InChI=1S/C7H9Cl3O3/c1-3(8)2-4-5(11)13-6(12)7(4,9)10/h3-5,11H,2H2,1H3. The van der Waals surface area contributed by atoms with E-state index >= 15 is 0 Å². The van der Waals surface area contributed by atoms with Crippen LogP contribution in [0.1, 0.15) is 13.3 Å². The lowest BCUT2D eigenvalue weighted by atomic mass is 10.0. The van der Waals surface area contributed by atoms with Crippen molar-refractivity contribution in [2.75, 3.05) is 0 Å². The van der Waals surface area contributed by atoms with E-state index in [1.54, 1.807) is 6.92 Å². The fraction of sp³-hybridized carbons (Fsp3) is 0.857. The van der Waals surface area contributed by atoms with Gasteiger partial charge in [0.25, 0.3) is 0 Å². The Balaban J connectivity index is 2.76. The van der Waals surface area contributed by atoms with E-state index in [-0.39, 0.29) is 5.38 Å². The normalized spacial score (nSPS) is 34.4. The molecule has 3 atom stereocenters. The van der Waals surface area contributed by atoms with Gasteiger partial charge in [0, 0.05) is 5.38 Å². The molecular formula is C7H9Cl3O3. The van der Waals surface area contributed by atoms with Crippen LogP contribution < -0.4 is 0 Å². The van der Waals surface area contributed by atoms with Gasteiger partial charge in [-0.25, -0.2) is 4.79 Å². The summed E-state index contributed by atoms with van der Waals surface area (Å²) in [6.07, 6.45) is -0.940. The molecule has 3 nitrogen and oxygen atoms in total. The Morgan fingerprint density at radius 3 is 2.54 bits per heavy atom. The number of hydrogen-bond acceptors (Lipinski definition) is 3. The van der Waals surface area contributed by atoms with Crippen molar-refractivity contribution in [2.45, 2.75) is 29.3 Å². The minimum absolute atomic E-state index is 0.231.